The van der Waals surface area contributed by atoms with Crippen LogP contribution in [0.3, 0.4) is 0 Å². The molecule has 0 saturated heterocycles. The average molecular weight is 680 g/mol. The molecule has 3 aromatic heterocycles. The van der Waals surface area contributed by atoms with Gasteiger partial charge in [0.25, 0.3) is 0 Å². The van der Waals surface area contributed by atoms with Crippen molar-refractivity contribution in [2.24, 2.45) is 0 Å². The largest absolute Gasteiger partial charge is 0.455 e. The second-order valence-electron chi connectivity index (χ2n) is 14.6. The fourth-order valence-corrected chi connectivity index (χ4v) is 8.61. The Bertz CT molecular complexity index is 3020. The number of fused-ring (bicyclic) bond motifs is 10. The average Bonchev–Trinajstić information content (AvgIpc) is 3.83. The van der Waals surface area contributed by atoms with E-state index in [0.29, 0.717) is 5.82 Å². The molecule has 0 spiro atoms. The number of rotatable bonds is 4. The molecule has 0 aliphatic heterocycles. The lowest BCUT2D eigenvalue weighted by Gasteiger charge is -2.21. The van der Waals surface area contributed by atoms with E-state index in [0.717, 1.165) is 55.7 Å². The lowest BCUT2D eigenvalue weighted by Crippen LogP contribution is -2.15. The summed E-state index contributed by atoms with van der Waals surface area (Å²) in [5, 5.41) is 4.77. The molecule has 53 heavy (non-hydrogen) atoms. The summed E-state index contributed by atoms with van der Waals surface area (Å²) in [5.41, 5.74) is 15.1. The van der Waals surface area contributed by atoms with Crippen LogP contribution in [-0.2, 0) is 5.41 Å². The van der Waals surface area contributed by atoms with Crippen molar-refractivity contribution in [3.63, 3.8) is 0 Å². The topological polar surface area (TPSA) is 43.9 Å². The van der Waals surface area contributed by atoms with Gasteiger partial charge in [-0.05, 0) is 59.2 Å². The summed E-state index contributed by atoms with van der Waals surface area (Å²) in [6.07, 6.45) is 0. The van der Waals surface area contributed by atoms with E-state index in [-0.39, 0.29) is 5.41 Å². The number of nitrogens with zero attached hydrogens (tertiary/aromatic N) is 3. The lowest BCUT2D eigenvalue weighted by atomic mass is 9.82. The fourth-order valence-electron chi connectivity index (χ4n) is 8.61. The zero-order valence-electron chi connectivity index (χ0n) is 29.3. The van der Waals surface area contributed by atoms with Gasteiger partial charge < -0.3 is 8.98 Å². The van der Waals surface area contributed by atoms with E-state index < -0.39 is 0 Å². The molecule has 0 atom stereocenters. The molecule has 1 aliphatic carbocycles. The highest BCUT2D eigenvalue weighted by molar-refractivity contribution is 6.15. The van der Waals surface area contributed by atoms with Crippen molar-refractivity contribution in [3.05, 3.63) is 175 Å². The maximum atomic E-state index is 6.63. The van der Waals surface area contributed by atoms with Gasteiger partial charge in [-0.1, -0.05) is 135 Å². The summed E-state index contributed by atoms with van der Waals surface area (Å²) in [7, 11) is 0. The summed E-state index contributed by atoms with van der Waals surface area (Å²) in [5.74, 6) is 0.708. The number of benzene rings is 7. The Kier molecular flexibility index (Phi) is 6.27. The van der Waals surface area contributed by atoms with Crippen molar-refractivity contribution in [1.29, 1.82) is 0 Å². The van der Waals surface area contributed by atoms with E-state index in [1.807, 2.05) is 30.3 Å². The Hall–Kier alpha value is -6.78. The van der Waals surface area contributed by atoms with Gasteiger partial charge in [0, 0.05) is 54.9 Å². The monoisotopic (exact) mass is 679 g/mol. The molecule has 10 aromatic rings. The first-order valence-electron chi connectivity index (χ1n) is 18.2. The van der Waals surface area contributed by atoms with E-state index in [9.17, 15) is 0 Å². The normalized spacial score (nSPS) is 13.2. The lowest BCUT2D eigenvalue weighted by molar-refractivity contribution is 0.653. The summed E-state index contributed by atoms with van der Waals surface area (Å²) >= 11 is 0. The maximum absolute atomic E-state index is 6.63. The standard InChI is InChI=1S/C49H33N3O/c1-49(2)39-25-24-36-35-21-10-12-23-45(35)53-47(36)46(39)38-27-37-34-20-9-11-22-43(34)52(44(37)28-40(38)49)33-19-13-18-32(26-33)42-29-41(30-14-5-3-6-15-30)50-48(51-42)31-16-7-4-8-17-31/h3-29H,1-2H3. The molecule has 0 saturated carbocycles. The molecule has 0 fully saturated rings. The number of aromatic nitrogens is 3. The Morgan fingerprint density at radius 1 is 0.491 bits per heavy atom. The predicted octanol–water partition coefficient (Wildman–Crippen LogP) is 12.8. The zero-order valence-corrected chi connectivity index (χ0v) is 29.3. The third-order valence-corrected chi connectivity index (χ3v) is 11.2. The van der Waals surface area contributed by atoms with E-state index in [4.69, 9.17) is 14.4 Å². The quantitative estimate of drug-likeness (QED) is 0.186. The van der Waals surface area contributed by atoms with Gasteiger partial charge in [-0.2, -0.15) is 0 Å². The fraction of sp³-hybridized carbons (Fsp3) is 0.0612. The third kappa shape index (κ3) is 4.42. The van der Waals surface area contributed by atoms with Crippen molar-refractivity contribution < 1.29 is 4.42 Å². The minimum atomic E-state index is -0.211. The highest BCUT2D eigenvalue weighted by Crippen LogP contribution is 2.54. The molecule has 250 valence electrons. The van der Waals surface area contributed by atoms with Crippen LogP contribution >= 0.6 is 0 Å². The van der Waals surface area contributed by atoms with Crippen LogP contribution in [0.25, 0.3) is 94.5 Å². The predicted molar refractivity (Wildman–Crippen MR) is 218 cm³/mol. The van der Waals surface area contributed by atoms with Gasteiger partial charge in [0.05, 0.1) is 22.4 Å². The number of hydrogen-bond acceptors (Lipinski definition) is 3. The number of hydrogen-bond donors (Lipinski definition) is 0. The van der Waals surface area contributed by atoms with Crippen molar-refractivity contribution in [1.82, 2.24) is 14.5 Å². The van der Waals surface area contributed by atoms with E-state index >= 15 is 0 Å². The van der Waals surface area contributed by atoms with Gasteiger partial charge in [0.1, 0.15) is 11.2 Å². The van der Waals surface area contributed by atoms with Crippen molar-refractivity contribution in [3.8, 4) is 50.7 Å². The first-order chi connectivity index (χ1) is 26.0. The van der Waals surface area contributed by atoms with Crippen LogP contribution in [-0.4, -0.2) is 14.5 Å². The molecule has 7 aromatic carbocycles. The second-order valence-corrected chi connectivity index (χ2v) is 14.6. The van der Waals surface area contributed by atoms with Crippen LogP contribution in [0, 0.1) is 0 Å². The van der Waals surface area contributed by atoms with Gasteiger partial charge >= 0.3 is 0 Å². The summed E-state index contributed by atoms with van der Waals surface area (Å²) in [4.78, 5) is 10.2. The number of furan rings is 1. The Balaban J connectivity index is 1.13. The molecular weight excluding hydrogens is 647 g/mol. The molecule has 0 N–H and O–H groups in total. The van der Waals surface area contributed by atoms with Crippen LogP contribution < -0.4 is 0 Å². The summed E-state index contributed by atoms with van der Waals surface area (Å²) < 4.78 is 9.05. The molecule has 4 heteroatoms. The summed E-state index contributed by atoms with van der Waals surface area (Å²) in [6, 6.07) is 58.0. The van der Waals surface area contributed by atoms with Gasteiger partial charge in [-0.25, -0.2) is 9.97 Å². The molecule has 1 aliphatic rings. The van der Waals surface area contributed by atoms with Gasteiger partial charge in [0.15, 0.2) is 5.82 Å². The highest BCUT2D eigenvalue weighted by Gasteiger charge is 2.38. The Morgan fingerprint density at radius 3 is 1.98 bits per heavy atom. The minimum Gasteiger partial charge on any atom is -0.455 e. The van der Waals surface area contributed by atoms with Crippen LogP contribution in [0.2, 0.25) is 0 Å². The highest BCUT2D eigenvalue weighted by atomic mass is 16.3. The second kappa shape index (κ2) is 11.1. The summed E-state index contributed by atoms with van der Waals surface area (Å²) in [6.45, 7) is 4.69. The molecule has 3 heterocycles. The zero-order chi connectivity index (χ0) is 35.3. The first-order valence-corrected chi connectivity index (χ1v) is 18.2. The van der Waals surface area contributed by atoms with E-state index in [2.05, 4.69) is 152 Å². The van der Waals surface area contributed by atoms with Crippen LogP contribution in [0.15, 0.2) is 168 Å². The molecular formula is C49H33N3O. The molecule has 0 radical (unpaired) electrons. The smallest absolute Gasteiger partial charge is 0.160 e. The van der Waals surface area contributed by atoms with Crippen LogP contribution in [0.4, 0.5) is 0 Å². The van der Waals surface area contributed by atoms with Gasteiger partial charge in [-0.3, -0.25) is 0 Å². The van der Waals surface area contributed by atoms with E-state index in [1.54, 1.807) is 0 Å². The minimum absolute atomic E-state index is 0.211. The number of para-hydroxylation sites is 2. The Labute approximate surface area is 306 Å². The van der Waals surface area contributed by atoms with Gasteiger partial charge in [-0.15, -0.1) is 0 Å². The van der Waals surface area contributed by atoms with Crippen molar-refractivity contribution in [2.45, 2.75) is 19.3 Å². The van der Waals surface area contributed by atoms with E-state index in [1.165, 1.54) is 44.1 Å². The van der Waals surface area contributed by atoms with Gasteiger partial charge in [0.2, 0.25) is 0 Å². The molecule has 0 unspecified atom stereocenters. The Morgan fingerprint density at radius 2 is 1.17 bits per heavy atom. The van der Waals surface area contributed by atoms with Crippen LogP contribution in [0.5, 0.6) is 0 Å². The molecule has 0 amide bonds. The SMILES string of the molecule is CC1(C)c2cc3c(cc2-c2c1ccc1c2oc2ccccc21)c1ccccc1n3-c1cccc(-c2cc(-c3ccccc3)nc(-c3ccccc3)n2)c1. The molecule has 11 rings (SSSR count). The van der Waals surface area contributed by atoms with Crippen molar-refractivity contribution >= 4 is 43.7 Å². The molecule has 0 bridgehead atoms. The first kappa shape index (κ1) is 29.9. The maximum Gasteiger partial charge on any atom is 0.160 e. The third-order valence-electron chi connectivity index (χ3n) is 11.2. The van der Waals surface area contributed by atoms with Crippen LogP contribution in [0.1, 0.15) is 25.0 Å². The van der Waals surface area contributed by atoms with Crippen molar-refractivity contribution in [2.75, 3.05) is 0 Å². The molecule has 4 nitrogen and oxygen atoms in total.